The van der Waals surface area contributed by atoms with Crippen LogP contribution in [0.5, 0.6) is 0 Å². The molecule has 1 aromatic heterocycles. The molecule has 0 aliphatic rings. The van der Waals surface area contributed by atoms with Gasteiger partial charge >= 0.3 is 16.3 Å². The Morgan fingerprint density at radius 3 is 2.73 bits per heavy atom. The zero-order valence-corrected chi connectivity index (χ0v) is 9.49. The SMILES string of the molecule is CCc1cc([C](=O)[AlH2])c(N)s1. The average Bonchev–Trinajstić information content (AvgIpc) is 2.30. The average molecular weight is 183 g/mol. The summed E-state index contributed by atoms with van der Waals surface area (Å²) in [5.74, 6) is 0. The fraction of sp³-hybridized carbons (Fsp3) is 0.286. The van der Waals surface area contributed by atoms with Crippen LogP contribution >= 0.6 is 11.3 Å². The highest BCUT2D eigenvalue weighted by Crippen LogP contribution is 2.24. The summed E-state index contributed by atoms with van der Waals surface area (Å²) in [7, 11) is 0. The van der Waals surface area contributed by atoms with Crippen LogP contribution in [0, 0.1) is 0 Å². The van der Waals surface area contributed by atoms with Crippen LogP contribution in [0.3, 0.4) is 0 Å². The summed E-state index contributed by atoms with van der Waals surface area (Å²) in [6, 6.07) is 1.91. The Morgan fingerprint density at radius 1 is 1.82 bits per heavy atom. The molecule has 0 unspecified atom stereocenters. The molecule has 0 bridgehead atoms. The molecule has 11 heavy (non-hydrogen) atoms. The van der Waals surface area contributed by atoms with Crippen LogP contribution in [0.25, 0.3) is 0 Å². The minimum absolute atomic E-state index is 0.193. The van der Waals surface area contributed by atoms with E-state index < -0.39 is 0 Å². The molecule has 0 aliphatic heterocycles. The van der Waals surface area contributed by atoms with Gasteiger partial charge in [0.15, 0.2) is 0 Å². The summed E-state index contributed by atoms with van der Waals surface area (Å²) >= 11 is 2.08. The van der Waals surface area contributed by atoms with Crippen LogP contribution in [0.2, 0.25) is 0 Å². The lowest BCUT2D eigenvalue weighted by molar-refractivity contribution is 0.108. The molecule has 2 nitrogen and oxygen atoms in total. The number of thiophene rings is 1. The standard InChI is InChI=1S/C7H8NOS.Al.2H/c1-2-6-3-5(4-9)7(8)10-6;;;/h3H,2,8H2,1H3;;;. The second kappa shape index (κ2) is 3.40. The highest BCUT2D eigenvalue weighted by atomic mass is 32.1. The molecular weight excluding hydrogens is 173 g/mol. The van der Waals surface area contributed by atoms with Crippen molar-refractivity contribution < 1.29 is 4.79 Å². The Kier molecular flexibility index (Phi) is 2.72. The Morgan fingerprint density at radius 2 is 2.45 bits per heavy atom. The molecule has 2 N–H and O–H groups in total. The molecule has 0 spiro atoms. The molecule has 0 saturated carbocycles. The van der Waals surface area contributed by atoms with Crippen LogP contribution in [0.1, 0.15) is 22.2 Å². The van der Waals surface area contributed by atoms with Gasteiger partial charge in [0.05, 0.1) is 9.65 Å². The summed E-state index contributed by atoms with van der Waals surface area (Å²) < 4.78 is 0.193. The lowest BCUT2D eigenvalue weighted by Gasteiger charge is -1.89. The topological polar surface area (TPSA) is 43.1 Å². The number of nitrogens with two attached hydrogens (primary N) is 1. The number of carbonyl (C=O) groups is 1. The minimum Gasteiger partial charge on any atom is -0.390 e. The number of hydrogen-bond acceptors (Lipinski definition) is 3. The fourth-order valence-electron chi connectivity index (χ4n) is 0.907. The summed E-state index contributed by atoms with van der Waals surface area (Å²) in [5.41, 5.74) is 6.37. The van der Waals surface area contributed by atoms with E-state index >= 15 is 0 Å². The number of carbonyl (C=O) groups excluding carboxylic acids is 1. The predicted molar refractivity (Wildman–Crippen MR) is 51.0 cm³/mol. The number of aryl methyl sites for hydroxylation is 1. The molecule has 1 heterocycles. The van der Waals surface area contributed by atoms with Crippen molar-refractivity contribution in [3.63, 3.8) is 0 Å². The molecule has 0 radical (unpaired) electrons. The molecule has 0 saturated heterocycles. The van der Waals surface area contributed by atoms with Crippen LogP contribution in [-0.4, -0.2) is 20.9 Å². The van der Waals surface area contributed by atoms with Crippen molar-refractivity contribution >= 4 is 37.3 Å². The van der Waals surface area contributed by atoms with E-state index in [1.807, 2.05) is 6.07 Å². The Labute approximate surface area is 77.8 Å². The first-order chi connectivity index (χ1) is 5.15. The van der Waals surface area contributed by atoms with Crippen molar-refractivity contribution in [3.8, 4) is 0 Å². The third-order valence-electron chi connectivity index (χ3n) is 1.54. The van der Waals surface area contributed by atoms with Crippen molar-refractivity contribution in [1.29, 1.82) is 0 Å². The quantitative estimate of drug-likeness (QED) is 0.685. The van der Waals surface area contributed by atoms with Crippen molar-refractivity contribution in [2.24, 2.45) is 0 Å². The van der Waals surface area contributed by atoms with E-state index in [0.29, 0.717) is 21.3 Å². The smallest absolute Gasteiger partial charge is 0.327 e. The normalized spacial score (nSPS) is 9.91. The summed E-state index contributed by atoms with van der Waals surface area (Å²) in [6.07, 6.45) is 0.962. The second-order valence-corrected chi connectivity index (χ2v) is 4.48. The van der Waals surface area contributed by atoms with Gasteiger partial charge in [-0.3, -0.25) is 0 Å². The van der Waals surface area contributed by atoms with Gasteiger partial charge in [-0.2, -0.15) is 0 Å². The zero-order valence-electron chi connectivity index (χ0n) is 6.68. The highest BCUT2D eigenvalue weighted by Gasteiger charge is 2.07. The van der Waals surface area contributed by atoms with Gasteiger partial charge in [0.25, 0.3) is 0 Å². The number of hydrogen-bond donors (Lipinski definition) is 1. The molecule has 58 valence electrons. The minimum atomic E-state index is 0.193. The molecule has 0 fully saturated rings. The van der Waals surface area contributed by atoms with E-state index in [1.54, 1.807) is 0 Å². The van der Waals surface area contributed by atoms with Crippen molar-refractivity contribution in [1.82, 2.24) is 0 Å². The first-order valence-corrected chi connectivity index (χ1v) is 5.36. The van der Waals surface area contributed by atoms with Crippen LogP contribution in [0.4, 0.5) is 5.00 Å². The van der Waals surface area contributed by atoms with Crippen LogP contribution in [-0.2, 0) is 6.42 Å². The van der Waals surface area contributed by atoms with Gasteiger partial charge in [-0.05, 0) is 12.5 Å². The second-order valence-electron chi connectivity index (χ2n) is 2.40. The van der Waals surface area contributed by atoms with Gasteiger partial charge in [0.2, 0.25) is 0 Å². The Hall–Kier alpha value is -0.298. The summed E-state index contributed by atoms with van der Waals surface area (Å²) in [5, 5.41) is 0.682. The molecule has 0 atom stereocenters. The Balaban J connectivity index is 3.07. The van der Waals surface area contributed by atoms with Crippen LogP contribution < -0.4 is 5.73 Å². The van der Waals surface area contributed by atoms with E-state index in [0.717, 1.165) is 12.0 Å². The van der Waals surface area contributed by atoms with Crippen molar-refractivity contribution in [3.05, 3.63) is 16.5 Å². The maximum Gasteiger partial charge on any atom is 0.327 e. The molecular formula is C7H10AlNOS. The van der Waals surface area contributed by atoms with E-state index in [4.69, 9.17) is 5.73 Å². The van der Waals surface area contributed by atoms with E-state index in [9.17, 15) is 4.79 Å². The van der Waals surface area contributed by atoms with Gasteiger partial charge < -0.3 is 10.5 Å². The molecule has 4 heteroatoms. The number of nitrogen functional groups attached to an aromatic ring is 1. The lowest BCUT2D eigenvalue weighted by Crippen LogP contribution is -1.98. The van der Waals surface area contributed by atoms with Crippen LogP contribution in [0.15, 0.2) is 6.07 Å². The molecule has 0 aliphatic carbocycles. The van der Waals surface area contributed by atoms with Gasteiger partial charge in [-0.1, -0.05) is 6.92 Å². The monoisotopic (exact) mass is 183 g/mol. The number of rotatable bonds is 2. The van der Waals surface area contributed by atoms with E-state index in [2.05, 4.69) is 6.92 Å². The molecule has 0 aromatic carbocycles. The maximum absolute atomic E-state index is 11.0. The largest absolute Gasteiger partial charge is 0.390 e. The third-order valence-corrected chi connectivity index (χ3v) is 3.19. The molecule has 0 amide bonds. The first-order valence-electron chi connectivity index (χ1n) is 3.54. The first kappa shape index (κ1) is 8.80. The predicted octanol–water partition coefficient (Wildman–Crippen LogP) is 0.666. The number of anilines is 1. The molecule has 1 rings (SSSR count). The maximum atomic E-state index is 11.0. The highest BCUT2D eigenvalue weighted by molar-refractivity contribution is 7.16. The van der Waals surface area contributed by atoms with Gasteiger partial charge in [-0.25, -0.2) is 0 Å². The van der Waals surface area contributed by atoms with Crippen molar-refractivity contribution in [2.45, 2.75) is 13.3 Å². The summed E-state index contributed by atoms with van der Waals surface area (Å²) in [4.78, 5) is 12.2. The molecule has 1 aromatic rings. The zero-order chi connectivity index (χ0) is 8.43. The van der Waals surface area contributed by atoms with E-state index in [-0.39, 0.29) is 4.65 Å². The van der Waals surface area contributed by atoms with Gasteiger partial charge in [-0.15, -0.1) is 11.3 Å². The third kappa shape index (κ3) is 1.84. The van der Waals surface area contributed by atoms with Crippen molar-refractivity contribution in [2.75, 3.05) is 5.73 Å². The lowest BCUT2D eigenvalue weighted by atomic mass is 10.3. The van der Waals surface area contributed by atoms with Gasteiger partial charge in [0, 0.05) is 10.4 Å². The fourth-order valence-corrected chi connectivity index (χ4v) is 2.42. The summed E-state index contributed by atoms with van der Waals surface area (Å²) in [6.45, 7) is 2.06. The van der Waals surface area contributed by atoms with Gasteiger partial charge in [0.1, 0.15) is 0 Å². The Bertz CT molecular complexity index is 282. The van der Waals surface area contributed by atoms with E-state index in [1.165, 1.54) is 16.2 Å².